The van der Waals surface area contributed by atoms with Crippen LogP contribution in [0.3, 0.4) is 0 Å². The van der Waals surface area contributed by atoms with Crippen molar-refractivity contribution in [2.24, 2.45) is 0 Å². The van der Waals surface area contributed by atoms with Crippen molar-refractivity contribution in [1.29, 1.82) is 0 Å². The zero-order valence-corrected chi connectivity index (χ0v) is 38.3. The molecule has 0 aromatic heterocycles. The molecule has 0 saturated heterocycles. The minimum Gasteiger partial charge on any atom is -0.115 e. The molecule has 0 spiro atoms. The minimum atomic E-state index is -2.45. The van der Waals surface area contributed by atoms with Gasteiger partial charge in [0.2, 0.25) is 0 Å². The molecule has 0 aliphatic heterocycles. The molecule has 0 N–H and O–H groups in total. The topological polar surface area (TPSA) is 0 Å². The van der Waals surface area contributed by atoms with Crippen LogP contribution in [0.25, 0.3) is 43.1 Å². The molecule has 278 valence electrons. The Balaban J connectivity index is 2.22. The lowest BCUT2D eigenvalue weighted by molar-refractivity contribution is 1.02. The first-order valence-corrected chi connectivity index (χ1v) is 23.8. The molecule has 5 aromatic carbocycles. The van der Waals surface area contributed by atoms with Crippen molar-refractivity contribution in [1.82, 2.24) is 0 Å². The van der Waals surface area contributed by atoms with E-state index in [2.05, 4.69) is 184 Å². The Kier molecular flexibility index (Phi) is 10.9. The van der Waals surface area contributed by atoms with Crippen molar-refractivity contribution >= 4 is 59.2 Å². The van der Waals surface area contributed by atoms with Gasteiger partial charge in [-0.25, -0.2) is 0 Å². The number of allylic oxidation sites excluding steroid dienone is 4. The molecule has 2 heteroatoms. The van der Waals surface area contributed by atoms with E-state index in [0.29, 0.717) is 11.1 Å². The van der Waals surface area contributed by atoms with Gasteiger partial charge in [-0.2, -0.15) is 0 Å². The van der Waals surface area contributed by atoms with Gasteiger partial charge < -0.3 is 0 Å². The average Bonchev–Trinajstić information content (AvgIpc) is 3.10. The molecule has 0 nitrogen and oxygen atoms in total. The van der Waals surface area contributed by atoms with E-state index in [1.807, 2.05) is 0 Å². The number of rotatable bonds is 6. The van der Waals surface area contributed by atoms with Crippen LogP contribution in [0, 0.1) is 78.3 Å². The summed E-state index contributed by atoms with van der Waals surface area (Å²) in [6.45, 7) is 54.1. The zero-order chi connectivity index (χ0) is 40.5. The molecule has 5 rings (SSSR count). The third-order valence-electron chi connectivity index (χ3n) is 13.6. The Morgan fingerprint density at radius 1 is 0.389 bits per heavy atom. The van der Waals surface area contributed by atoms with Gasteiger partial charge in [-0.05, 0) is 206 Å². The fourth-order valence-corrected chi connectivity index (χ4v) is 17.0. The molecule has 0 radical (unpaired) electrons. The normalized spacial score (nSPS) is 12.0. The lowest BCUT2D eigenvalue weighted by Crippen LogP contribution is -2.40. The molecule has 0 heterocycles. The fraction of sp³-hybridized carbons (Fsp3) is 0.346. The second-order valence-electron chi connectivity index (χ2n) is 17.2. The van der Waals surface area contributed by atoms with Gasteiger partial charge in [0.15, 0.2) is 16.1 Å². The predicted octanol–water partition coefficient (Wildman–Crippen LogP) is 14.7. The van der Waals surface area contributed by atoms with Crippen LogP contribution in [-0.2, 0) is 0 Å². The van der Waals surface area contributed by atoms with Crippen molar-refractivity contribution in [2.75, 3.05) is 0 Å². The minimum absolute atomic E-state index is 0.341. The van der Waals surface area contributed by atoms with Crippen molar-refractivity contribution < 1.29 is 0 Å². The molecule has 5 aromatic rings. The lowest BCUT2D eigenvalue weighted by Gasteiger charge is -2.31. The van der Waals surface area contributed by atoms with Gasteiger partial charge in [-0.15, -0.1) is 37.4 Å². The number of hydrogen-bond acceptors (Lipinski definition) is 0. The SMILES string of the molecule is C=C(C)[Si](C#Cc1c2cc3c(C)c(C)c(C)c(C)c3cc2c(C#C[Si](C(=C)C)(C(=C)C)C(C)C)c2cc3c(C)c(C)c(C)c(C)c3cc12)(C(=C)C)C(C)C. The van der Waals surface area contributed by atoms with Crippen LogP contribution < -0.4 is 0 Å². The standard InChI is InChI=1S/C52H62Si2/c1-29(2)53(30(3)4,31(5)6)23-21-43-49-25-45-39(17)35(13)37(15)41(19)47(45)27-51(49)44(22-24-54(32(7)8,33(9)10)34(11)12)52-28-48-42(20)38(16)36(14)40(18)46(48)26-50(43)52/h25-28,31,34H,1,3,7,9H2,2,4-6,8,10-20H3. The molecule has 0 amide bonds. The van der Waals surface area contributed by atoms with Crippen LogP contribution in [-0.4, -0.2) is 16.1 Å². The first kappa shape index (κ1) is 40.8. The van der Waals surface area contributed by atoms with Crippen LogP contribution in [0.2, 0.25) is 11.1 Å². The summed E-state index contributed by atoms with van der Waals surface area (Å²) in [5, 5.41) is 14.4. The molecular weight excluding hydrogens is 681 g/mol. The molecule has 0 unspecified atom stereocenters. The Labute approximate surface area is 329 Å². The average molecular weight is 743 g/mol. The molecule has 0 saturated carbocycles. The van der Waals surface area contributed by atoms with Crippen LogP contribution >= 0.6 is 0 Å². The largest absolute Gasteiger partial charge is 0.192 e. The van der Waals surface area contributed by atoms with E-state index in [-0.39, 0.29) is 0 Å². The Bertz CT molecular complexity index is 2320. The third kappa shape index (κ3) is 5.98. The maximum atomic E-state index is 4.54. The van der Waals surface area contributed by atoms with Gasteiger partial charge >= 0.3 is 0 Å². The van der Waals surface area contributed by atoms with Crippen molar-refractivity contribution in [3.05, 3.63) is 127 Å². The van der Waals surface area contributed by atoms with E-state index in [9.17, 15) is 0 Å². The maximum absolute atomic E-state index is 4.54. The van der Waals surface area contributed by atoms with Gasteiger partial charge in [0, 0.05) is 11.1 Å². The molecule has 0 aliphatic carbocycles. The summed E-state index contributed by atoms with van der Waals surface area (Å²) in [5.74, 6) is 7.88. The van der Waals surface area contributed by atoms with Crippen molar-refractivity contribution in [3.63, 3.8) is 0 Å². The molecule has 0 bridgehead atoms. The molecule has 0 fully saturated rings. The van der Waals surface area contributed by atoms with Crippen LogP contribution in [0.1, 0.15) is 111 Å². The summed E-state index contributed by atoms with van der Waals surface area (Å²) in [7, 11) is -4.90. The third-order valence-corrected chi connectivity index (χ3v) is 23.5. The monoisotopic (exact) mass is 742 g/mol. The van der Waals surface area contributed by atoms with Crippen molar-refractivity contribution in [2.45, 2.75) is 122 Å². The number of hydrogen-bond donors (Lipinski definition) is 0. The van der Waals surface area contributed by atoms with Gasteiger partial charge in [0.05, 0.1) is 0 Å². The second kappa shape index (κ2) is 14.4. The van der Waals surface area contributed by atoms with Crippen LogP contribution in [0.15, 0.2) is 71.4 Å². The van der Waals surface area contributed by atoms with Gasteiger partial charge in [-0.1, -0.05) is 60.3 Å². The summed E-state index contributed by atoms with van der Waals surface area (Å²) in [6, 6.07) is 9.73. The van der Waals surface area contributed by atoms with E-state index in [4.69, 9.17) is 0 Å². The van der Waals surface area contributed by atoms with Gasteiger partial charge in [-0.3, -0.25) is 0 Å². The highest BCUT2D eigenvalue weighted by Crippen LogP contribution is 2.42. The van der Waals surface area contributed by atoms with Crippen LogP contribution in [0.5, 0.6) is 0 Å². The summed E-state index contributed by atoms with van der Waals surface area (Å²) >= 11 is 0. The molecular formula is C52H62Si2. The maximum Gasteiger partial charge on any atom is 0.192 e. The van der Waals surface area contributed by atoms with Crippen molar-refractivity contribution in [3.8, 4) is 22.9 Å². The van der Waals surface area contributed by atoms with E-state index < -0.39 is 16.1 Å². The Morgan fingerprint density at radius 2 is 0.593 bits per heavy atom. The van der Waals surface area contributed by atoms with Gasteiger partial charge in [0.25, 0.3) is 0 Å². The summed E-state index contributed by atoms with van der Waals surface area (Å²) in [6.07, 6.45) is 0. The highest BCUT2D eigenvalue weighted by Gasteiger charge is 2.38. The first-order chi connectivity index (χ1) is 25.1. The van der Waals surface area contributed by atoms with E-state index in [1.54, 1.807) is 0 Å². The van der Waals surface area contributed by atoms with E-state index in [0.717, 1.165) is 53.5 Å². The Hall–Kier alpha value is -4.35. The highest BCUT2D eigenvalue weighted by atomic mass is 28.3. The summed E-state index contributed by atoms with van der Waals surface area (Å²) in [4.78, 5) is 0. The smallest absolute Gasteiger partial charge is 0.115 e. The van der Waals surface area contributed by atoms with E-state index >= 15 is 0 Å². The highest BCUT2D eigenvalue weighted by molar-refractivity contribution is 7.00. The Morgan fingerprint density at radius 3 is 0.759 bits per heavy atom. The molecule has 54 heavy (non-hydrogen) atoms. The second-order valence-corrected chi connectivity index (χ2v) is 26.6. The van der Waals surface area contributed by atoms with E-state index in [1.165, 1.54) is 66.1 Å². The number of fused-ring (bicyclic) bond motifs is 4. The molecule has 0 atom stereocenters. The molecule has 0 aliphatic rings. The lowest BCUT2D eigenvalue weighted by atomic mass is 9.84. The predicted molar refractivity (Wildman–Crippen MR) is 249 cm³/mol. The summed E-state index contributed by atoms with van der Waals surface area (Å²) < 4.78 is 0. The quantitative estimate of drug-likeness (QED) is 0.0923. The van der Waals surface area contributed by atoms with Gasteiger partial charge in [0.1, 0.15) is 0 Å². The summed E-state index contributed by atoms with van der Waals surface area (Å²) in [5.41, 5.74) is 21.5. The number of benzene rings is 5. The van der Waals surface area contributed by atoms with Crippen LogP contribution in [0.4, 0.5) is 0 Å². The number of aryl methyl sites for hydroxylation is 4. The fourth-order valence-electron chi connectivity index (χ4n) is 9.50. The zero-order valence-electron chi connectivity index (χ0n) is 36.3. The first-order valence-electron chi connectivity index (χ1n) is 19.6.